The molecule has 0 atom stereocenters. The fourth-order valence-corrected chi connectivity index (χ4v) is 2.41. The summed E-state index contributed by atoms with van der Waals surface area (Å²) in [5.41, 5.74) is 1.18. The molecule has 0 bridgehead atoms. The number of hydrogen-bond acceptors (Lipinski definition) is 5. The van der Waals surface area contributed by atoms with Crippen LogP contribution >= 0.6 is 0 Å². The predicted octanol–water partition coefficient (Wildman–Crippen LogP) is 2.49. The number of aromatic nitrogens is 2. The molecule has 1 aromatic carbocycles. The van der Waals surface area contributed by atoms with Crippen molar-refractivity contribution in [2.45, 2.75) is 25.6 Å². The third-order valence-electron chi connectivity index (χ3n) is 3.86. The molecule has 6 nitrogen and oxygen atoms in total. The molecule has 1 N–H and O–H groups in total. The summed E-state index contributed by atoms with van der Waals surface area (Å²) >= 11 is 0. The van der Waals surface area contributed by atoms with Crippen molar-refractivity contribution in [1.29, 1.82) is 0 Å². The van der Waals surface area contributed by atoms with Gasteiger partial charge < -0.3 is 14.5 Å². The smallest absolute Gasteiger partial charge is 0.395 e. The van der Waals surface area contributed by atoms with Gasteiger partial charge in [0, 0.05) is 24.6 Å². The summed E-state index contributed by atoms with van der Waals surface area (Å²) < 4.78 is 41.7. The zero-order chi connectivity index (χ0) is 18.0. The van der Waals surface area contributed by atoms with E-state index in [1.54, 1.807) is 29.2 Å². The van der Waals surface area contributed by atoms with Crippen molar-refractivity contribution in [1.82, 2.24) is 15.0 Å². The second kappa shape index (κ2) is 6.83. The maximum absolute atomic E-state index is 12.5. The van der Waals surface area contributed by atoms with Gasteiger partial charge in [-0.2, -0.15) is 18.2 Å². The van der Waals surface area contributed by atoms with Gasteiger partial charge in [-0.1, -0.05) is 29.4 Å². The molecule has 1 aliphatic rings. The van der Waals surface area contributed by atoms with Gasteiger partial charge in [-0.25, -0.2) is 0 Å². The van der Waals surface area contributed by atoms with Crippen LogP contribution in [0.3, 0.4) is 0 Å². The van der Waals surface area contributed by atoms with Crippen LogP contribution in [-0.4, -0.2) is 39.2 Å². The molecule has 1 amide bonds. The number of carbonyl (C=O) groups excluding carboxylic acids is 1. The quantitative estimate of drug-likeness (QED) is 0.861. The van der Waals surface area contributed by atoms with E-state index in [0.717, 1.165) is 18.4 Å². The molecule has 2 aromatic rings. The number of amides is 1. The van der Waals surface area contributed by atoms with Crippen molar-refractivity contribution >= 4 is 5.91 Å². The Morgan fingerprint density at radius 1 is 1.28 bits per heavy atom. The van der Waals surface area contributed by atoms with Gasteiger partial charge in [-0.3, -0.25) is 4.79 Å². The number of alkyl halides is 3. The van der Waals surface area contributed by atoms with Gasteiger partial charge in [0.05, 0.1) is 6.61 Å². The fraction of sp³-hybridized carbons (Fsp3) is 0.438. The van der Waals surface area contributed by atoms with Gasteiger partial charge in [0.2, 0.25) is 11.7 Å². The van der Waals surface area contributed by atoms with Crippen LogP contribution < -0.4 is 0 Å². The van der Waals surface area contributed by atoms with E-state index in [2.05, 4.69) is 14.7 Å². The van der Waals surface area contributed by atoms with Crippen molar-refractivity contribution < 1.29 is 27.6 Å². The van der Waals surface area contributed by atoms with E-state index < -0.39 is 12.1 Å². The number of aliphatic hydroxyl groups excluding tert-OH is 1. The molecule has 25 heavy (non-hydrogen) atoms. The predicted molar refractivity (Wildman–Crippen MR) is 80.0 cm³/mol. The summed E-state index contributed by atoms with van der Waals surface area (Å²) in [6.45, 7) is 0.451. The molecule has 1 aromatic heterocycles. The summed E-state index contributed by atoms with van der Waals surface area (Å²) in [4.78, 5) is 17.1. The zero-order valence-electron chi connectivity index (χ0n) is 13.2. The Labute approximate surface area is 141 Å². The number of benzene rings is 1. The SMILES string of the molecule is O=C(C1CC1)N(CCO)Cc1ccc(-c2noc(C(F)(F)F)n2)cc1. The lowest BCUT2D eigenvalue weighted by Gasteiger charge is -2.22. The minimum atomic E-state index is -4.68. The summed E-state index contributed by atoms with van der Waals surface area (Å²) in [5, 5.41) is 12.4. The molecule has 0 unspecified atom stereocenters. The first kappa shape index (κ1) is 17.4. The average molecular weight is 355 g/mol. The van der Waals surface area contributed by atoms with Crippen molar-refractivity contribution in [2.75, 3.05) is 13.2 Å². The summed E-state index contributed by atoms with van der Waals surface area (Å²) in [7, 11) is 0. The van der Waals surface area contributed by atoms with Crippen LogP contribution in [0.1, 0.15) is 24.3 Å². The van der Waals surface area contributed by atoms with Gasteiger partial charge in [-0.05, 0) is 18.4 Å². The summed E-state index contributed by atoms with van der Waals surface area (Å²) in [5.74, 6) is -1.48. The van der Waals surface area contributed by atoms with E-state index in [4.69, 9.17) is 5.11 Å². The average Bonchev–Trinajstić information content (AvgIpc) is 3.29. The first-order chi connectivity index (χ1) is 11.9. The fourth-order valence-electron chi connectivity index (χ4n) is 2.41. The number of carbonyl (C=O) groups is 1. The van der Waals surface area contributed by atoms with E-state index in [-0.39, 0.29) is 30.8 Å². The van der Waals surface area contributed by atoms with Crippen molar-refractivity contribution in [3.8, 4) is 11.4 Å². The van der Waals surface area contributed by atoms with Gasteiger partial charge in [0.1, 0.15) is 0 Å². The molecule has 1 fully saturated rings. The Hall–Kier alpha value is -2.42. The van der Waals surface area contributed by atoms with E-state index in [1.165, 1.54) is 0 Å². The van der Waals surface area contributed by atoms with Crippen LogP contribution in [0.4, 0.5) is 13.2 Å². The maximum atomic E-state index is 12.5. The third kappa shape index (κ3) is 4.16. The van der Waals surface area contributed by atoms with Crippen LogP contribution in [0, 0.1) is 5.92 Å². The van der Waals surface area contributed by atoms with Crippen molar-refractivity contribution in [3.63, 3.8) is 0 Å². The molecular weight excluding hydrogens is 339 g/mol. The Kier molecular flexibility index (Phi) is 4.76. The van der Waals surface area contributed by atoms with Gasteiger partial charge in [-0.15, -0.1) is 0 Å². The molecule has 9 heteroatoms. The second-order valence-electron chi connectivity index (χ2n) is 5.88. The Morgan fingerprint density at radius 3 is 2.48 bits per heavy atom. The Balaban J connectivity index is 1.71. The van der Waals surface area contributed by atoms with E-state index in [1.807, 2.05) is 0 Å². The Morgan fingerprint density at radius 2 is 1.96 bits per heavy atom. The van der Waals surface area contributed by atoms with Crippen molar-refractivity contribution in [2.24, 2.45) is 5.92 Å². The monoisotopic (exact) mass is 355 g/mol. The number of nitrogens with zero attached hydrogens (tertiary/aromatic N) is 3. The highest BCUT2D eigenvalue weighted by Gasteiger charge is 2.38. The molecule has 134 valence electrons. The molecule has 3 rings (SSSR count). The highest BCUT2D eigenvalue weighted by atomic mass is 19.4. The normalized spacial score (nSPS) is 14.6. The largest absolute Gasteiger partial charge is 0.471 e. The van der Waals surface area contributed by atoms with Crippen molar-refractivity contribution in [3.05, 3.63) is 35.7 Å². The third-order valence-corrected chi connectivity index (χ3v) is 3.86. The van der Waals surface area contributed by atoms with E-state index in [0.29, 0.717) is 12.1 Å². The molecule has 1 heterocycles. The molecular formula is C16H16F3N3O3. The molecule has 0 aliphatic heterocycles. The topological polar surface area (TPSA) is 79.5 Å². The van der Waals surface area contributed by atoms with Crippen LogP contribution in [-0.2, 0) is 17.5 Å². The molecule has 0 radical (unpaired) electrons. The minimum absolute atomic E-state index is 0.0195. The number of rotatable bonds is 6. The van der Waals surface area contributed by atoms with Crippen LogP contribution in [0.15, 0.2) is 28.8 Å². The van der Waals surface area contributed by atoms with Gasteiger partial charge in [0.15, 0.2) is 0 Å². The van der Waals surface area contributed by atoms with Crippen LogP contribution in [0.5, 0.6) is 0 Å². The highest BCUT2D eigenvalue weighted by molar-refractivity contribution is 5.81. The lowest BCUT2D eigenvalue weighted by Crippen LogP contribution is -2.34. The Bertz CT molecular complexity index is 739. The maximum Gasteiger partial charge on any atom is 0.471 e. The zero-order valence-corrected chi connectivity index (χ0v) is 13.2. The van der Waals surface area contributed by atoms with E-state index in [9.17, 15) is 18.0 Å². The van der Waals surface area contributed by atoms with Gasteiger partial charge >= 0.3 is 12.1 Å². The standard InChI is InChI=1S/C16H16F3N3O3/c17-16(18,19)15-20-13(21-25-15)11-3-1-10(2-4-11)9-22(7-8-23)14(24)12-5-6-12/h1-4,12,23H,5-9H2. The second-order valence-corrected chi connectivity index (χ2v) is 5.88. The summed E-state index contributed by atoms with van der Waals surface area (Å²) in [6.07, 6.45) is -2.93. The molecule has 1 aliphatic carbocycles. The molecule has 1 saturated carbocycles. The van der Waals surface area contributed by atoms with Gasteiger partial charge in [0.25, 0.3) is 0 Å². The molecule has 0 spiro atoms. The molecule has 0 saturated heterocycles. The lowest BCUT2D eigenvalue weighted by molar-refractivity contribution is -0.159. The first-order valence-corrected chi connectivity index (χ1v) is 7.78. The highest BCUT2D eigenvalue weighted by Crippen LogP contribution is 2.32. The number of aliphatic hydroxyl groups is 1. The lowest BCUT2D eigenvalue weighted by atomic mass is 10.1. The minimum Gasteiger partial charge on any atom is -0.395 e. The van der Waals surface area contributed by atoms with Crippen LogP contribution in [0.25, 0.3) is 11.4 Å². The first-order valence-electron chi connectivity index (χ1n) is 7.78. The summed E-state index contributed by atoms with van der Waals surface area (Å²) in [6, 6.07) is 6.51. The number of hydrogen-bond donors (Lipinski definition) is 1. The van der Waals surface area contributed by atoms with Crippen LogP contribution in [0.2, 0.25) is 0 Å². The number of halogens is 3. The van der Waals surface area contributed by atoms with E-state index >= 15 is 0 Å².